The summed E-state index contributed by atoms with van der Waals surface area (Å²) in [5.74, 6) is 1.48. The lowest BCUT2D eigenvalue weighted by Crippen LogP contribution is -2.63. The molecule has 4 fully saturated rings. The fourth-order valence-corrected chi connectivity index (χ4v) is 7.93. The third kappa shape index (κ3) is 3.93. The molecular formula is C26H31BrFNO. The first-order valence-electron chi connectivity index (χ1n) is 11.2. The van der Waals surface area contributed by atoms with E-state index in [0.717, 1.165) is 28.2 Å². The highest BCUT2D eigenvalue weighted by atomic mass is 79.9. The Morgan fingerprint density at radius 1 is 1.00 bits per heavy atom. The Labute approximate surface area is 187 Å². The van der Waals surface area contributed by atoms with Crippen molar-refractivity contribution in [1.82, 2.24) is 5.32 Å². The summed E-state index contributed by atoms with van der Waals surface area (Å²) in [4.78, 5) is 0. The number of rotatable bonds is 6. The summed E-state index contributed by atoms with van der Waals surface area (Å²) >= 11 is 3.61. The van der Waals surface area contributed by atoms with Gasteiger partial charge in [-0.1, -0.05) is 48.0 Å². The first-order chi connectivity index (χ1) is 14.3. The van der Waals surface area contributed by atoms with E-state index in [1.807, 2.05) is 18.2 Å². The molecule has 2 nitrogen and oxygen atoms in total. The fraction of sp³-hybridized carbons (Fsp3) is 0.538. The molecule has 1 N–H and O–H groups in total. The van der Waals surface area contributed by atoms with E-state index >= 15 is 0 Å². The second kappa shape index (κ2) is 7.34. The summed E-state index contributed by atoms with van der Waals surface area (Å²) in [5.41, 5.74) is 2.94. The van der Waals surface area contributed by atoms with Crippen molar-refractivity contribution in [3.8, 4) is 5.75 Å². The van der Waals surface area contributed by atoms with E-state index in [1.54, 1.807) is 12.1 Å². The van der Waals surface area contributed by atoms with Crippen LogP contribution in [0, 0.1) is 22.6 Å². The highest BCUT2D eigenvalue weighted by molar-refractivity contribution is 9.10. The molecule has 0 aromatic heterocycles. The minimum absolute atomic E-state index is 0.218. The van der Waals surface area contributed by atoms with E-state index in [9.17, 15) is 4.39 Å². The highest BCUT2D eigenvalue weighted by Gasteiger charge is 2.59. The van der Waals surface area contributed by atoms with Crippen LogP contribution in [0.5, 0.6) is 5.75 Å². The van der Waals surface area contributed by atoms with Crippen LogP contribution in [0.15, 0.2) is 46.9 Å². The minimum Gasteiger partial charge on any atom is -0.488 e. The highest BCUT2D eigenvalue weighted by Crippen LogP contribution is 2.66. The van der Waals surface area contributed by atoms with Gasteiger partial charge in [-0.05, 0) is 79.5 Å². The summed E-state index contributed by atoms with van der Waals surface area (Å²) in [6.07, 6.45) is 8.06. The van der Waals surface area contributed by atoms with Crippen molar-refractivity contribution in [2.75, 3.05) is 0 Å². The topological polar surface area (TPSA) is 21.3 Å². The van der Waals surface area contributed by atoms with Gasteiger partial charge in [-0.15, -0.1) is 0 Å². The molecule has 4 bridgehead atoms. The molecule has 4 saturated carbocycles. The predicted molar refractivity (Wildman–Crippen MR) is 122 cm³/mol. The van der Waals surface area contributed by atoms with Crippen molar-refractivity contribution in [3.05, 3.63) is 63.9 Å². The largest absolute Gasteiger partial charge is 0.488 e. The van der Waals surface area contributed by atoms with Gasteiger partial charge in [0.2, 0.25) is 0 Å². The van der Waals surface area contributed by atoms with Crippen LogP contribution in [-0.4, -0.2) is 5.54 Å². The zero-order valence-corrected chi connectivity index (χ0v) is 19.5. The maximum atomic E-state index is 14.0. The fourth-order valence-electron chi connectivity index (χ4n) is 7.53. The van der Waals surface area contributed by atoms with Crippen molar-refractivity contribution in [2.45, 2.75) is 71.1 Å². The molecule has 2 unspecified atom stereocenters. The van der Waals surface area contributed by atoms with E-state index in [0.29, 0.717) is 16.4 Å². The normalized spacial score (nSPS) is 34.3. The van der Waals surface area contributed by atoms with Crippen molar-refractivity contribution in [1.29, 1.82) is 0 Å². The smallest absolute Gasteiger partial charge is 0.129 e. The maximum Gasteiger partial charge on any atom is 0.129 e. The second-order valence-electron chi connectivity index (χ2n) is 10.9. The lowest BCUT2D eigenvalue weighted by atomic mass is 9.43. The molecule has 0 saturated heterocycles. The average molecular weight is 472 g/mol. The molecule has 2 aromatic rings. The van der Waals surface area contributed by atoms with Crippen molar-refractivity contribution >= 4 is 15.9 Å². The monoisotopic (exact) mass is 471 g/mol. The summed E-state index contributed by atoms with van der Waals surface area (Å²) in [6.45, 7) is 6.04. The van der Waals surface area contributed by atoms with Gasteiger partial charge >= 0.3 is 0 Å². The van der Waals surface area contributed by atoms with Crippen molar-refractivity contribution in [2.24, 2.45) is 16.7 Å². The summed E-state index contributed by atoms with van der Waals surface area (Å²) < 4.78 is 21.1. The Hall–Kier alpha value is -1.39. The van der Waals surface area contributed by atoms with Crippen molar-refractivity contribution in [3.63, 3.8) is 0 Å². The molecule has 2 atom stereocenters. The summed E-state index contributed by atoms with van der Waals surface area (Å²) in [6, 6.07) is 12.9. The molecular weight excluding hydrogens is 441 g/mol. The SMILES string of the molecule is CC12CC3CC(C)(C1)CC(NCc1cc(Br)ccc1OCc1ccccc1F)(C3)C2. The van der Waals surface area contributed by atoms with Gasteiger partial charge in [0.1, 0.15) is 18.2 Å². The van der Waals surface area contributed by atoms with Crippen LogP contribution < -0.4 is 10.1 Å². The predicted octanol–water partition coefficient (Wildman–Crippen LogP) is 7.01. The van der Waals surface area contributed by atoms with Gasteiger partial charge in [0, 0.05) is 27.7 Å². The zero-order chi connectivity index (χ0) is 21.0. The maximum absolute atomic E-state index is 14.0. The molecule has 4 aliphatic rings. The van der Waals surface area contributed by atoms with Gasteiger partial charge in [0.05, 0.1) is 0 Å². The molecule has 0 radical (unpaired) electrons. The molecule has 0 spiro atoms. The number of hydrogen-bond acceptors (Lipinski definition) is 2. The van der Waals surface area contributed by atoms with Gasteiger partial charge in [-0.3, -0.25) is 0 Å². The van der Waals surface area contributed by atoms with Crippen LogP contribution in [0.4, 0.5) is 4.39 Å². The second-order valence-corrected chi connectivity index (χ2v) is 11.8. The number of benzene rings is 2. The molecule has 0 heterocycles. The van der Waals surface area contributed by atoms with Crippen LogP contribution in [0.1, 0.15) is 63.5 Å². The van der Waals surface area contributed by atoms with Gasteiger partial charge < -0.3 is 10.1 Å². The molecule has 4 aliphatic carbocycles. The first kappa shape index (κ1) is 20.5. The van der Waals surface area contributed by atoms with E-state index in [-0.39, 0.29) is 18.0 Å². The molecule has 2 aromatic carbocycles. The average Bonchev–Trinajstić information content (AvgIpc) is 2.64. The Balaban J connectivity index is 1.33. The Morgan fingerprint density at radius 3 is 2.43 bits per heavy atom. The third-order valence-electron chi connectivity index (χ3n) is 7.64. The van der Waals surface area contributed by atoms with Gasteiger partial charge in [-0.25, -0.2) is 4.39 Å². The van der Waals surface area contributed by atoms with Crippen LogP contribution >= 0.6 is 15.9 Å². The molecule has 0 amide bonds. The molecule has 4 heteroatoms. The molecule has 6 rings (SSSR count). The number of halogens is 2. The van der Waals surface area contributed by atoms with Gasteiger partial charge in [-0.2, -0.15) is 0 Å². The van der Waals surface area contributed by atoms with Crippen LogP contribution in [-0.2, 0) is 13.2 Å². The zero-order valence-electron chi connectivity index (χ0n) is 17.9. The van der Waals surface area contributed by atoms with Crippen LogP contribution in [0.2, 0.25) is 0 Å². The van der Waals surface area contributed by atoms with Crippen molar-refractivity contribution < 1.29 is 9.13 Å². The molecule has 30 heavy (non-hydrogen) atoms. The number of hydrogen-bond donors (Lipinski definition) is 1. The first-order valence-corrected chi connectivity index (χ1v) is 11.9. The van der Waals surface area contributed by atoms with Crippen LogP contribution in [0.25, 0.3) is 0 Å². The number of nitrogens with one attached hydrogen (secondary N) is 1. The van der Waals surface area contributed by atoms with E-state index in [2.05, 4.69) is 41.2 Å². The van der Waals surface area contributed by atoms with Gasteiger partial charge in [0.25, 0.3) is 0 Å². The quantitative estimate of drug-likeness (QED) is 0.489. The standard InChI is InChI=1S/C26H31BrFNO/c1-24-10-18-11-25(2,15-24)17-26(12-18,16-24)29-13-20-9-21(27)7-8-23(20)30-14-19-5-3-4-6-22(19)28/h3-9,18,29H,10-17H2,1-2H3. The molecule has 0 aliphatic heterocycles. The molecule has 160 valence electrons. The Kier molecular flexibility index (Phi) is 5.02. The summed E-state index contributed by atoms with van der Waals surface area (Å²) in [5, 5.41) is 4.00. The lowest BCUT2D eigenvalue weighted by molar-refractivity contribution is -0.118. The lowest BCUT2D eigenvalue weighted by Gasteiger charge is -2.65. The minimum atomic E-state index is -0.218. The van der Waals surface area contributed by atoms with Gasteiger partial charge in [0.15, 0.2) is 0 Å². The van der Waals surface area contributed by atoms with E-state index in [4.69, 9.17) is 4.74 Å². The third-order valence-corrected chi connectivity index (χ3v) is 8.14. The number of ether oxygens (including phenoxy) is 1. The summed E-state index contributed by atoms with van der Waals surface area (Å²) in [7, 11) is 0. The van der Waals surface area contributed by atoms with Crippen LogP contribution in [0.3, 0.4) is 0 Å². The van der Waals surface area contributed by atoms with E-state index in [1.165, 1.54) is 44.6 Å². The van der Waals surface area contributed by atoms with E-state index < -0.39 is 0 Å². The Bertz CT molecular complexity index is 942. The Morgan fingerprint density at radius 2 is 1.73 bits per heavy atom.